The average Bonchev–Trinajstić information content (AvgIpc) is 2.72. The van der Waals surface area contributed by atoms with Gasteiger partial charge in [0.05, 0.1) is 17.0 Å². The van der Waals surface area contributed by atoms with E-state index in [0.29, 0.717) is 5.69 Å². The molecular formula is C21H22ClN3O5. The molecule has 2 aromatic carbocycles. The third kappa shape index (κ3) is 7.21. The van der Waals surface area contributed by atoms with E-state index < -0.39 is 24.4 Å². The van der Waals surface area contributed by atoms with Crippen LogP contribution in [0, 0.1) is 13.8 Å². The van der Waals surface area contributed by atoms with Crippen LogP contribution in [-0.4, -0.2) is 30.3 Å². The second-order valence-electron chi connectivity index (χ2n) is 6.51. The summed E-state index contributed by atoms with van der Waals surface area (Å²) in [6.07, 6.45) is -0.271. The molecule has 8 nitrogen and oxygen atoms in total. The minimum Gasteiger partial charge on any atom is -0.455 e. The van der Waals surface area contributed by atoms with Gasteiger partial charge in [-0.1, -0.05) is 35.9 Å². The van der Waals surface area contributed by atoms with Gasteiger partial charge in [0, 0.05) is 12.1 Å². The predicted octanol–water partition coefficient (Wildman–Crippen LogP) is 2.68. The smallest absolute Gasteiger partial charge is 0.306 e. The van der Waals surface area contributed by atoms with Crippen LogP contribution in [0.3, 0.4) is 0 Å². The van der Waals surface area contributed by atoms with Crippen LogP contribution in [0.2, 0.25) is 5.02 Å². The lowest BCUT2D eigenvalue weighted by Crippen LogP contribution is -2.43. The fourth-order valence-electron chi connectivity index (χ4n) is 2.39. The molecule has 2 rings (SSSR count). The number of anilines is 1. The number of halogens is 1. The summed E-state index contributed by atoms with van der Waals surface area (Å²) in [5, 5.41) is 2.97. The van der Waals surface area contributed by atoms with Crippen LogP contribution in [0.5, 0.6) is 0 Å². The topological polar surface area (TPSA) is 114 Å². The van der Waals surface area contributed by atoms with Gasteiger partial charge in [0.25, 0.3) is 11.8 Å². The maximum atomic E-state index is 12.0. The van der Waals surface area contributed by atoms with Gasteiger partial charge in [-0.25, -0.2) is 0 Å². The number of amides is 3. The largest absolute Gasteiger partial charge is 0.455 e. The summed E-state index contributed by atoms with van der Waals surface area (Å²) >= 11 is 5.89. The summed E-state index contributed by atoms with van der Waals surface area (Å²) in [6.45, 7) is 3.18. The minimum atomic E-state index is -0.733. The Morgan fingerprint density at radius 3 is 2.40 bits per heavy atom. The predicted molar refractivity (Wildman–Crippen MR) is 112 cm³/mol. The lowest BCUT2D eigenvalue weighted by Gasteiger charge is -2.10. The molecule has 0 radical (unpaired) electrons. The molecule has 30 heavy (non-hydrogen) atoms. The molecule has 0 saturated carbocycles. The van der Waals surface area contributed by atoms with Crippen LogP contribution in [0.15, 0.2) is 42.5 Å². The number of nitrogens with one attached hydrogen (secondary N) is 3. The molecule has 0 atom stereocenters. The molecule has 9 heteroatoms. The van der Waals surface area contributed by atoms with Crippen molar-refractivity contribution < 1.29 is 23.9 Å². The van der Waals surface area contributed by atoms with Crippen molar-refractivity contribution in [3.8, 4) is 0 Å². The second-order valence-corrected chi connectivity index (χ2v) is 6.92. The third-order valence-corrected chi connectivity index (χ3v) is 4.35. The SMILES string of the molecule is Cc1ccc(C)c(NC(=O)CCC(=O)OCC(=O)NNC(=O)c2ccccc2Cl)c1. The van der Waals surface area contributed by atoms with E-state index in [0.717, 1.165) is 11.1 Å². The van der Waals surface area contributed by atoms with Gasteiger partial charge in [-0.15, -0.1) is 0 Å². The van der Waals surface area contributed by atoms with Crippen molar-refractivity contribution in [3.05, 3.63) is 64.2 Å². The van der Waals surface area contributed by atoms with Crippen LogP contribution in [0.1, 0.15) is 34.3 Å². The first-order valence-electron chi connectivity index (χ1n) is 9.12. The van der Waals surface area contributed by atoms with Crippen LogP contribution >= 0.6 is 11.6 Å². The van der Waals surface area contributed by atoms with Crippen molar-refractivity contribution in [2.75, 3.05) is 11.9 Å². The van der Waals surface area contributed by atoms with Crippen molar-refractivity contribution >= 4 is 41.0 Å². The Labute approximate surface area is 178 Å². The fourth-order valence-corrected chi connectivity index (χ4v) is 2.61. The number of esters is 1. The van der Waals surface area contributed by atoms with Gasteiger partial charge >= 0.3 is 5.97 Å². The normalized spacial score (nSPS) is 10.1. The van der Waals surface area contributed by atoms with Crippen molar-refractivity contribution in [1.29, 1.82) is 0 Å². The zero-order chi connectivity index (χ0) is 22.1. The molecule has 0 fully saturated rings. The van der Waals surface area contributed by atoms with E-state index in [1.807, 2.05) is 32.0 Å². The van der Waals surface area contributed by atoms with E-state index in [4.69, 9.17) is 16.3 Å². The number of carbonyl (C=O) groups is 4. The number of carbonyl (C=O) groups excluding carboxylic acids is 4. The molecule has 0 bridgehead atoms. The number of ether oxygens (including phenoxy) is 1. The fraction of sp³-hybridized carbons (Fsp3) is 0.238. The highest BCUT2D eigenvalue weighted by molar-refractivity contribution is 6.33. The van der Waals surface area contributed by atoms with Crippen LogP contribution in [0.4, 0.5) is 5.69 Å². The Balaban J connectivity index is 1.68. The van der Waals surface area contributed by atoms with Gasteiger partial charge in [0.2, 0.25) is 5.91 Å². The van der Waals surface area contributed by atoms with Gasteiger partial charge in [-0.3, -0.25) is 30.0 Å². The molecule has 3 N–H and O–H groups in total. The van der Waals surface area contributed by atoms with E-state index in [-0.39, 0.29) is 29.3 Å². The Hall–Kier alpha value is -3.39. The number of hydrogen-bond donors (Lipinski definition) is 3. The highest BCUT2D eigenvalue weighted by Crippen LogP contribution is 2.17. The molecular weight excluding hydrogens is 410 g/mol. The molecule has 2 aromatic rings. The first-order chi connectivity index (χ1) is 14.3. The van der Waals surface area contributed by atoms with Crippen molar-refractivity contribution in [3.63, 3.8) is 0 Å². The number of benzene rings is 2. The monoisotopic (exact) mass is 431 g/mol. The van der Waals surface area contributed by atoms with Gasteiger partial charge in [0.15, 0.2) is 6.61 Å². The van der Waals surface area contributed by atoms with Gasteiger partial charge < -0.3 is 10.1 Å². The molecule has 3 amide bonds. The zero-order valence-corrected chi connectivity index (χ0v) is 17.3. The van der Waals surface area contributed by atoms with Crippen molar-refractivity contribution in [1.82, 2.24) is 10.9 Å². The van der Waals surface area contributed by atoms with Crippen LogP contribution in [-0.2, 0) is 19.1 Å². The van der Waals surface area contributed by atoms with Gasteiger partial charge in [-0.2, -0.15) is 0 Å². The second kappa shape index (κ2) is 11.0. The molecule has 0 spiro atoms. The summed E-state index contributed by atoms with van der Waals surface area (Å²) in [4.78, 5) is 47.4. The van der Waals surface area contributed by atoms with Crippen molar-refractivity contribution in [2.45, 2.75) is 26.7 Å². The number of hydrazine groups is 1. The van der Waals surface area contributed by atoms with Crippen LogP contribution < -0.4 is 16.2 Å². The molecule has 0 aliphatic carbocycles. The standard InChI is InChI=1S/C21H22ClN3O5/c1-13-7-8-14(2)17(11-13)23-18(26)9-10-20(28)30-12-19(27)24-25-21(29)15-5-3-4-6-16(15)22/h3-8,11H,9-10,12H2,1-2H3,(H,23,26)(H,24,27)(H,25,29). The zero-order valence-electron chi connectivity index (χ0n) is 16.6. The first kappa shape index (κ1) is 22.9. The summed E-state index contributed by atoms with van der Waals surface area (Å²) in [6, 6.07) is 12.0. The molecule has 0 aliphatic rings. The summed E-state index contributed by atoms with van der Waals surface area (Å²) in [7, 11) is 0. The summed E-state index contributed by atoms with van der Waals surface area (Å²) < 4.78 is 4.80. The quantitative estimate of drug-likeness (QED) is 0.460. The molecule has 0 aromatic heterocycles. The van der Waals surface area contributed by atoms with E-state index in [1.54, 1.807) is 12.1 Å². The van der Waals surface area contributed by atoms with Gasteiger partial charge in [-0.05, 0) is 43.2 Å². The first-order valence-corrected chi connectivity index (χ1v) is 9.50. The lowest BCUT2D eigenvalue weighted by molar-refractivity contribution is -0.149. The highest BCUT2D eigenvalue weighted by Gasteiger charge is 2.13. The molecule has 0 heterocycles. The summed E-state index contributed by atoms with van der Waals surface area (Å²) in [5.41, 5.74) is 7.07. The summed E-state index contributed by atoms with van der Waals surface area (Å²) in [5.74, 6) is -2.39. The van der Waals surface area contributed by atoms with Crippen LogP contribution in [0.25, 0.3) is 0 Å². The average molecular weight is 432 g/mol. The Morgan fingerprint density at radius 1 is 0.933 bits per heavy atom. The van der Waals surface area contributed by atoms with E-state index in [1.165, 1.54) is 12.1 Å². The van der Waals surface area contributed by atoms with E-state index >= 15 is 0 Å². The Morgan fingerprint density at radius 2 is 1.67 bits per heavy atom. The minimum absolute atomic E-state index is 0.0862. The maximum absolute atomic E-state index is 12.0. The number of hydrogen-bond acceptors (Lipinski definition) is 5. The Kier molecular flexibility index (Phi) is 8.37. The molecule has 0 saturated heterocycles. The maximum Gasteiger partial charge on any atom is 0.306 e. The molecule has 0 aliphatic heterocycles. The van der Waals surface area contributed by atoms with Gasteiger partial charge in [0.1, 0.15) is 0 Å². The third-order valence-electron chi connectivity index (χ3n) is 4.02. The number of aryl methyl sites for hydroxylation is 2. The highest BCUT2D eigenvalue weighted by atomic mass is 35.5. The number of rotatable bonds is 7. The van der Waals surface area contributed by atoms with Crippen molar-refractivity contribution in [2.24, 2.45) is 0 Å². The molecule has 0 unspecified atom stereocenters. The molecule has 158 valence electrons. The Bertz CT molecular complexity index is 961. The van der Waals surface area contributed by atoms with E-state index in [2.05, 4.69) is 16.2 Å². The van der Waals surface area contributed by atoms with E-state index in [9.17, 15) is 19.2 Å². The lowest BCUT2D eigenvalue weighted by atomic mass is 10.1.